The van der Waals surface area contributed by atoms with E-state index in [0.29, 0.717) is 12.1 Å². The third-order valence-electron chi connectivity index (χ3n) is 3.93. The van der Waals surface area contributed by atoms with Crippen LogP contribution in [-0.2, 0) is 4.74 Å². The Balaban J connectivity index is 2.49. The maximum Gasteiger partial charge on any atom is 0.0543 e. The van der Waals surface area contributed by atoms with Crippen LogP contribution in [0.1, 0.15) is 65.2 Å². The van der Waals surface area contributed by atoms with Crippen molar-refractivity contribution >= 4 is 0 Å². The van der Waals surface area contributed by atoms with E-state index in [9.17, 15) is 0 Å². The van der Waals surface area contributed by atoms with Gasteiger partial charge in [-0.15, -0.1) is 0 Å². The van der Waals surface area contributed by atoms with Gasteiger partial charge in [0.2, 0.25) is 0 Å². The van der Waals surface area contributed by atoms with Gasteiger partial charge in [0, 0.05) is 13.2 Å². The average Bonchev–Trinajstić information content (AvgIpc) is 2.67. The van der Waals surface area contributed by atoms with Crippen LogP contribution in [0.2, 0.25) is 0 Å². The largest absolute Gasteiger partial charge is 0.382 e. The first kappa shape index (κ1) is 15.7. The van der Waals surface area contributed by atoms with Crippen molar-refractivity contribution in [3.05, 3.63) is 11.6 Å². The van der Waals surface area contributed by atoms with Crippen molar-refractivity contribution in [2.24, 2.45) is 0 Å². The van der Waals surface area contributed by atoms with Gasteiger partial charge in [0.25, 0.3) is 0 Å². The fraction of sp³-hybridized carbons (Fsp3) is 0.875. The van der Waals surface area contributed by atoms with Gasteiger partial charge >= 0.3 is 0 Å². The molecule has 0 aromatic rings. The zero-order valence-electron chi connectivity index (χ0n) is 12.5. The number of ether oxygens (including phenoxy) is 1. The zero-order valence-corrected chi connectivity index (χ0v) is 12.5. The van der Waals surface area contributed by atoms with Crippen molar-refractivity contribution in [2.45, 2.75) is 77.4 Å². The lowest BCUT2D eigenvalue weighted by Gasteiger charge is -2.23. The third-order valence-corrected chi connectivity index (χ3v) is 3.93. The molecule has 2 heteroatoms. The molecule has 0 amide bonds. The molecule has 0 bridgehead atoms. The van der Waals surface area contributed by atoms with Crippen molar-refractivity contribution in [3.8, 4) is 0 Å². The van der Waals surface area contributed by atoms with Gasteiger partial charge in [-0.1, -0.05) is 25.0 Å². The Labute approximate surface area is 113 Å². The molecule has 1 aliphatic carbocycles. The monoisotopic (exact) mass is 253 g/mol. The predicted octanol–water partition coefficient (Wildman–Crippen LogP) is 4.06. The molecule has 0 aromatic heterocycles. The quantitative estimate of drug-likeness (QED) is 0.659. The number of hydrogen-bond acceptors (Lipinski definition) is 2. The van der Waals surface area contributed by atoms with Crippen LogP contribution in [0.3, 0.4) is 0 Å². The first-order valence-electron chi connectivity index (χ1n) is 7.73. The molecule has 106 valence electrons. The molecule has 0 saturated heterocycles. The summed E-state index contributed by atoms with van der Waals surface area (Å²) in [5.74, 6) is 0. The van der Waals surface area contributed by atoms with Gasteiger partial charge in [-0.25, -0.2) is 0 Å². The molecule has 0 spiro atoms. The lowest BCUT2D eigenvalue weighted by atomic mass is 9.96. The topological polar surface area (TPSA) is 21.3 Å². The molecular formula is C16H31NO. The second-order valence-electron chi connectivity index (χ2n) is 5.51. The highest BCUT2D eigenvalue weighted by Gasteiger charge is 2.15. The highest BCUT2D eigenvalue weighted by molar-refractivity contribution is 5.12. The van der Waals surface area contributed by atoms with Crippen molar-refractivity contribution in [3.63, 3.8) is 0 Å². The summed E-state index contributed by atoms with van der Waals surface area (Å²) >= 11 is 0. The van der Waals surface area contributed by atoms with E-state index in [1.807, 2.05) is 7.11 Å². The molecule has 0 aliphatic heterocycles. The molecular weight excluding hydrogens is 222 g/mol. The molecule has 0 fully saturated rings. The molecule has 0 heterocycles. The Bertz CT molecular complexity index is 237. The van der Waals surface area contributed by atoms with Crippen LogP contribution in [0.4, 0.5) is 0 Å². The Morgan fingerprint density at radius 1 is 1.28 bits per heavy atom. The van der Waals surface area contributed by atoms with E-state index in [-0.39, 0.29) is 0 Å². The summed E-state index contributed by atoms with van der Waals surface area (Å²) in [6.07, 6.45) is 13.2. The van der Waals surface area contributed by atoms with Gasteiger partial charge in [-0.05, 0) is 58.4 Å². The first-order valence-corrected chi connectivity index (χ1v) is 7.73. The minimum Gasteiger partial charge on any atom is -0.382 e. The van der Waals surface area contributed by atoms with E-state index in [1.165, 1.54) is 44.9 Å². The van der Waals surface area contributed by atoms with Gasteiger partial charge in [0.05, 0.1) is 6.10 Å². The van der Waals surface area contributed by atoms with Crippen molar-refractivity contribution < 1.29 is 4.74 Å². The van der Waals surface area contributed by atoms with Gasteiger partial charge in [0.15, 0.2) is 0 Å². The molecule has 1 aliphatic rings. The summed E-state index contributed by atoms with van der Waals surface area (Å²) < 4.78 is 5.37. The van der Waals surface area contributed by atoms with Crippen LogP contribution in [0, 0.1) is 0 Å². The second kappa shape index (κ2) is 9.57. The first-order chi connectivity index (χ1) is 8.77. The van der Waals surface area contributed by atoms with Gasteiger partial charge in [-0.2, -0.15) is 0 Å². The van der Waals surface area contributed by atoms with Crippen LogP contribution >= 0.6 is 0 Å². The molecule has 18 heavy (non-hydrogen) atoms. The molecule has 2 unspecified atom stereocenters. The normalized spacial score (nSPS) is 20.1. The number of allylic oxidation sites excluding steroid dienone is 1. The average molecular weight is 253 g/mol. The molecule has 1 rings (SSSR count). The minimum atomic E-state index is 0.377. The van der Waals surface area contributed by atoms with Crippen LogP contribution in [0.15, 0.2) is 11.6 Å². The smallest absolute Gasteiger partial charge is 0.0543 e. The molecule has 0 aromatic carbocycles. The van der Waals surface area contributed by atoms with Crippen LogP contribution < -0.4 is 5.32 Å². The zero-order chi connectivity index (χ0) is 13.2. The fourth-order valence-corrected chi connectivity index (χ4v) is 2.61. The summed E-state index contributed by atoms with van der Waals surface area (Å²) in [4.78, 5) is 0. The fourth-order valence-electron chi connectivity index (χ4n) is 2.61. The number of rotatable bonds is 8. The lowest BCUT2D eigenvalue weighted by molar-refractivity contribution is 0.107. The summed E-state index contributed by atoms with van der Waals surface area (Å²) in [5, 5.41) is 3.72. The minimum absolute atomic E-state index is 0.377. The Hall–Kier alpha value is -0.340. The molecule has 0 radical (unpaired) electrons. The highest BCUT2D eigenvalue weighted by Crippen LogP contribution is 2.22. The maximum atomic E-state index is 5.37. The van der Waals surface area contributed by atoms with Gasteiger partial charge in [-0.3, -0.25) is 0 Å². The standard InChI is InChI=1S/C16H31NO/c1-4-13-17-16(12-11-14(2)18-3)15-9-7-5-6-8-10-15/h9,14,16-17H,4-8,10-13H2,1-3H3. The Morgan fingerprint density at radius 2 is 2.11 bits per heavy atom. The summed E-state index contributed by atoms with van der Waals surface area (Å²) in [5.41, 5.74) is 1.66. The van der Waals surface area contributed by atoms with E-state index in [2.05, 4.69) is 25.2 Å². The second-order valence-corrected chi connectivity index (χ2v) is 5.51. The van der Waals surface area contributed by atoms with E-state index in [4.69, 9.17) is 4.74 Å². The van der Waals surface area contributed by atoms with Crippen molar-refractivity contribution in [1.82, 2.24) is 5.32 Å². The molecule has 1 N–H and O–H groups in total. The third kappa shape index (κ3) is 6.01. The van der Waals surface area contributed by atoms with Gasteiger partial charge in [0.1, 0.15) is 0 Å². The van der Waals surface area contributed by atoms with E-state index in [0.717, 1.165) is 13.0 Å². The number of methoxy groups -OCH3 is 1. The van der Waals surface area contributed by atoms with Crippen molar-refractivity contribution in [1.29, 1.82) is 0 Å². The Morgan fingerprint density at radius 3 is 2.83 bits per heavy atom. The summed E-state index contributed by atoms with van der Waals surface area (Å²) in [7, 11) is 1.81. The predicted molar refractivity (Wildman–Crippen MR) is 79.0 cm³/mol. The lowest BCUT2D eigenvalue weighted by Crippen LogP contribution is -2.32. The van der Waals surface area contributed by atoms with E-state index in [1.54, 1.807) is 5.57 Å². The van der Waals surface area contributed by atoms with Crippen LogP contribution in [0.5, 0.6) is 0 Å². The number of nitrogens with one attached hydrogen (secondary N) is 1. The summed E-state index contributed by atoms with van der Waals surface area (Å²) in [6.45, 7) is 5.53. The maximum absolute atomic E-state index is 5.37. The molecule has 2 nitrogen and oxygen atoms in total. The van der Waals surface area contributed by atoms with Crippen LogP contribution in [0.25, 0.3) is 0 Å². The Kier molecular flexibility index (Phi) is 8.36. The van der Waals surface area contributed by atoms with Gasteiger partial charge < -0.3 is 10.1 Å². The van der Waals surface area contributed by atoms with Crippen molar-refractivity contribution in [2.75, 3.05) is 13.7 Å². The summed E-state index contributed by atoms with van der Waals surface area (Å²) in [6, 6.07) is 0.584. The van der Waals surface area contributed by atoms with E-state index < -0.39 is 0 Å². The molecule has 0 saturated carbocycles. The highest BCUT2D eigenvalue weighted by atomic mass is 16.5. The van der Waals surface area contributed by atoms with E-state index >= 15 is 0 Å². The number of hydrogen-bond donors (Lipinski definition) is 1. The van der Waals surface area contributed by atoms with Crippen LogP contribution in [-0.4, -0.2) is 25.8 Å². The molecule has 2 atom stereocenters. The SMILES string of the molecule is CCCNC(CCC(C)OC)C1=CCCCCC1.